The average Bonchev–Trinajstić information content (AvgIpc) is 2.75. The van der Waals surface area contributed by atoms with Crippen molar-refractivity contribution in [3.05, 3.63) is 36.1 Å². The fraction of sp³-hybridized carbons (Fsp3) is 0.333. The molecular formula is C12H13Cl2NO2. The molecule has 3 nitrogen and oxygen atoms in total. The second kappa shape index (κ2) is 5.27. The Morgan fingerprint density at radius 3 is 2.71 bits per heavy atom. The maximum Gasteiger partial charge on any atom is 0.134 e. The van der Waals surface area contributed by atoms with E-state index >= 15 is 0 Å². The van der Waals surface area contributed by atoms with Gasteiger partial charge in [0.15, 0.2) is 0 Å². The summed E-state index contributed by atoms with van der Waals surface area (Å²) < 4.78 is 5.29. The fourth-order valence-electron chi connectivity index (χ4n) is 1.78. The van der Waals surface area contributed by atoms with Crippen LogP contribution in [0.2, 0.25) is 0 Å². The third-order valence-electron chi connectivity index (χ3n) is 2.77. The van der Waals surface area contributed by atoms with Crippen LogP contribution in [0.1, 0.15) is 11.7 Å². The number of rotatable bonds is 4. The van der Waals surface area contributed by atoms with Gasteiger partial charge in [-0.1, -0.05) is 12.1 Å². The van der Waals surface area contributed by atoms with E-state index < -0.39 is 17.0 Å². The summed E-state index contributed by atoms with van der Waals surface area (Å²) in [5, 5.41) is 14.1. The molecule has 2 unspecified atom stereocenters. The Bertz CT molecular complexity index is 498. The van der Waals surface area contributed by atoms with Crippen LogP contribution >= 0.6 is 23.2 Å². The molecule has 2 aromatic rings. The molecule has 0 radical (unpaired) electrons. The van der Waals surface area contributed by atoms with Crippen molar-refractivity contribution < 1.29 is 9.52 Å². The van der Waals surface area contributed by atoms with Gasteiger partial charge in [0, 0.05) is 5.39 Å². The first-order valence-electron chi connectivity index (χ1n) is 5.24. The van der Waals surface area contributed by atoms with E-state index in [9.17, 15) is 5.11 Å². The van der Waals surface area contributed by atoms with Crippen LogP contribution in [-0.4, -0.2) is 23.0 Å². The summed E-state index contributed by atoms with van der Waals surface area (Å²) in [6, 6.07) is 6.96. The van der Waals surface area contributed by atoms with Crippen molar-refractivity contribution in [1.29, 1.82) is 0 Å². The minimum Gasteiger partial charge on any atom is -0.464 e. The van der Waals surface area contributed by atoms with E-state index in [1.54, 1.807) is 19.4 Å². The van der Waals surface area contributed by atoms with E-state index in [4.69, 9.17) is 27.6 Å². The van der Waals surface area contributed by atoms with Gasteiger partial charge in [0.25, 0.3) is 0 Å². The van der Waals surface area contributed by atoms with Gasteiger partial charge in [-0.05, 0) is 24.7 Å². The van der Waals surface area contributed by atoms with E-state index in [1.807, 2.05) is 18.2 Å². The summed E-state index contributed by atoms with van der Waals surface area (Å²) >= 11 is 11.6. The number of fused-ring (bicyclic) bond motifs is 1. The lowest BCUT2D eigenvalue weighted by Gasteiger charge is -2.23. The summed E-state index contributed by atoms with van der Waals surface area (Å²) in [5.41, 5.74) is 1.45. The van der Waals surface area contributed by atoms with Gasteiger partial charge in [-0.25, -0.2) is 0 Å². The number of aliphatic hydroxyl groups excluding tert-OH is 1. The first-order valence-corrected chi connectivity index (χ1v) is 6.11. The minimum atomic E-state index is -0.783. The number of likely N-dealkylation sites (N-methyl/N-ethyl adjacent to an activating group) is 1. The topological polar surface area (TPSA) is 45.4 Å². The number of furan rings is 1. The Morgan fingerprint density at radius 2 is 2.06 bits per heavy atom. The van der Waals surface area contributed by atoms with E-state index in [1.165, 1.54) is 0 Å². The summed E-state index contributed by atoms with van der Waals surface area (Å²) in [4.78, 5) is -0.692. The quantitative estimate of drug-likeness (QED) is 0.843. The summed E-state index contributed by atoms with van der Waals surface area (Å²) in [6.07, 6.45) is 0.831. The zero-order chi connectivity index (χ0) is 12.4. The molecule has 0 saturated carbocycles. The number of hydrogen-bond acceptors (Lipinski definition) is 3. The first-order chi connectivity index (χ1) is 8.13. The molecular weight excluding hydrogens is 261 g/mol. The highest BCUT2D eigenvalue weighted by Crippen LogP contribution is 2.26. The van der Waals surface area contributed by atoms with Gasteiger partial charge in [0.1, 0.15) is 10.4 Å². The van der Waals surface area contributed by atoms with E-state index in [-0.39, 0.29) is 0 Å². The molecule has 0 aliphatic carbocycles. The monoisotopic (exact) mass is 273 g/mol. The Labute approximate surface area is 109 Å². The summed E-state index contributed by atoms with van der Waals surface area (Å²) in [7, 11) is 1.71. The zero-order valence-electron chi connectivity index (χ0n) is 9.23. The third kappa shape index (κ3) is 2.58. The smallest absolute Gasteiger partial charge is 0.134 e. The van der Waals surface area contributed by atoms with Crippen molar-refractivity contribution in [2.75, 3.05) is 7.05 Å². The number of aliphatic hydroxyl groups is 1. The van der Waals surface area contributed by atoms with E-state index in [0.717, 1.165) is 16.5 Å². The van der Waals surface area contributed by atoms with Crippen molar-refractivity contribution >= 4 is 34.2 Å². The molecule has 17 heavy (non-hydrogen) atoms. The maximum absolute atomic E-state index is 10.2. The Balaban J connectivity index is 2.31. The van der Waals surface area contributed by atoms with Crippen LogP contribution in [0, 0.1) is 0 Å². The van der Waals surface area contributed by atoms with E-state index in [2.05, 4.69) is 5.32 Å². The van der Waals surface area contributed by atoms with Gasteiger partial charge in [-0.2, -0.15) is 0 Å². The molecule has 1 aromatic heterocycles. The normalized spacial score (nSPS) is 15.4. The minimum absolute atomic E-state index is 0.425. The lowest BCUT2D eigenvalue weighted by molar-refractivity contribution is 0.138. The second-order valence-electron chi connectivity index (χ2n) is 3.81. The lowest BCUT2D eigenvalue weighted by atomic mass is 10.0. The van der Waals surface area contributed by atoms with Gasteiger partial charge in [-0.15, -0.1) is 23.2 Å². The van der Waals surface area contributed by atoms with Gasteiger partial charge in [-0.3, -0.25) is 0 Å². The van der Waals surface area contributed by atoms with Crippen LogP contribution in [-0.2, 0) is 0 Å². The molecule has 0 aliphatic heterocycles. The van der Waals surface area contributed by atoms with Crippen molar-refractivity contribution in [1.82, 2.24) is 5.32 Å². The lowest BCUT2D eigenvalue weighted by Crippen LogP contribution is -2.37. The molecule has 0 fully saturated rings. The molecule has 5 heteroatoms. The molecule has 1 aromatic carbocycles. The molecule has 92 valence electrons. The van der Waals surface area contributed by atoms with Crippen LogP contribution < -0.4 is 5.32 Å². The average molecular weight is 274 g/mol. The number of alkyl halides is 2. The van der Waals surface area contributed by atoms with Crippen molar-refractivity contribution in [2.24, 2.45) is 0 Å². The van der Waals surface area contributed by atoms with Crippen LogP contribution in [0.5, 0.6) is 0 Å². The molecule has 2 rings (SSSR count). The predicted molar refractivity (Wildman–Crippen MR) is 69.5 cm³/mol. The van der Waals surface area contributed by atoms with E-state index in [0.29, 0.717) is 0 Å². The predicted octanol–water partition coefficient (Wildman–Crippen LogP) is 2.86. The van der Waals surface area contributed by atoms with Crippen molar-refractivity contribution in [3.63, 3.8) is 0 Å². The summed E-state index contributed by atoms with van der Waals surface area (Å²) in [6.45, 7) is 0. The molecule has 2 atom stereocenters. The van der Waals surface area contributed by atoms with Crippen molar-refractivity contribution in [2.45, 2.75) is 17.0 Å². The number of nitrogens with one attached hydrogen (secondary N) is 1. The number of halogens is 2. The Hall–Kier alpha value is -0.740. The largest absolute Gasteiger partial charge is 0.464 e. The fourth-order valence-corrected chi connectivity index (χ4v) is 2.31. The van der Waals surface area contributed by atoms with Crippen LogP contribution in [0.15, 0.2) is 34.9 Å². The van der Waals surface area contributed by atoms with Gasteiger partial charge >= 0.3 is 0 Å². The van der Waals surface area contributed by atoms with Gasteiger partial charge in [0.2, 0.25) is 0 Å². The molecule has 0 saturated heterocycles. The molecule has 0 spiro atoms. The summed E-state index contributed by atoms with van der Waals surface area (Å²) in [5.74, 6) is 0. The standard InChI is InChI=1S/C12H13Cl2NO2/c1-15-10(12(13)14)11(16)8-3-2-7-4-5-17-9(7)6-8/h2-6,10-12,15-16H,1H3. The molecule has 0 bridgehead atoms. The zero-order valence-corrected chi connectivity index (χ0v) is 10.7. The number of hydrogen-bond donors (Lipinski definition) is 2. The van der Waals surface area contributed by atoms with Crippen LogP contribution in [0.3, 0.4) is 0 Å². The molecule has 0 amide bonds. The van der Waals surface area contributed by atoms with Crippen molar-refractivity contribution in [3.8, 4) is 0 Å². The molecule has 1 heterocycles. The SMILES string of the molecule is CNC(C(Cl)Cl)C(O)c1ccc2ccoc2c1. The maximum atomic E-state index is 10.2. The highest BCUT2D eigenvalue weighted by atomic mass is 35.5. The van der Waals surface area contributed by atoms with Gasteiger partial charge < -0.3 is 14.8 Å². The Morgan fingerprint density at radius 1 is 1.29 bits per heavy atom. The third-order valence-corrected chi connectivity index (χ3v) is 3.31. The van der Waals surface area contributed by atoms with Gasteiger partial charge in [0.05, 0.1) is 18.4 Å². The second-order valence-corrected chi connectivity index (χ2v) is 4.98. The highest BCUT2D eigenvalue weighted by molar-refractivity contribution is 6.44. The Kier molecular flexibility index (Phi) is 3.94. The van der Waals surface area contributed by atoms with Crippen LogP contribution in [0.4, 0.5) is 0 Å². The number of benzene rings is 1. The van der Waals surface area contributed by atoms with Crippen LogP contribution in [0.25, 0.3) is 11.0 Å². The first kappa shape index (κ1) is 12.7. The molecule has 0 aliphatic rings. The highest BCUT2D eigenvalue weighted by Gasteiger charge is 2.25. The molecule has 2 N–H and O–H groups in total.